The third kappa shape index (κ3) is 4.82. The van der Waals surface area contributed by atoms with Crippen LogP contribution in [0, 0.1) is 0 Å². The minimum atomic E-state index is -3.36. The fourth-order valence-corrected chi connectivity index (χ4v) is 3.63. The number of pyridine rings is 1. The lowest BCUT2D eigenvalue weighted by Crippen LogP contribution is -2.52. The largest absolute Gasteiger partial charge is 0.394 e. The van der Waals surface area contributed by atoms with Crippen molar-refractivity contribution < 1.29 is 23.1 Å². The Hall–Kier alpha value is -2.49. The quantitative estimate of drug-likeness (QED) is 0.758. The number of ether oxygens (including phenoxy) is 1. The fourth-order valence-electron chi connectivity index (χ4n) is 3.06. The first-order chi connectivity index (χ1) is 12.9. The average molecular weight is 391 g/mol. The van der Waals surface area contributed by atoms with Gasteiger partial charge >= 0.3 is 0 Å². The zero-order chi connectivity index (χ0) is 19.4. The molecule has 1 aromatic heterocycles. The smallest absolute Gasteiger partial charge is 0.249 e. The van der Waals surface area contributed by atoms with Gasteiger partial charge < -0.3 is 14.7 Å². The van der Waals surface area contributed by atoms with Crippen LogP contribution in [0.3, 0.4) is 0 Å². The van der Waals surface area contributed by atoms with Crippen LogP contribution in [0.15, 0.2) is 48.8 Å². The molecule has 1 fully saturated rings. The summed E-state index contributed by atoms with van der Waals surface area (Å²) in [5.74, 6) is -0.197. The van der Waals surface area contributed by atoms with Gasteiger partial charge in [0.05, 0.1) is 18.9 Å². The first-order valence-electron chi connectivity index (χ1n) is 8.36. The molecule has 2 heterocycles. The molecule has 1 amide bonds. The lowest BCUT2D eigenvalue weighted by molar-refractivity contribution is -0.162. The molecule has 0 radical (unpaired) electrons. The number of aliphatic hydroxyl groups excluding tert-OH is 1. The van der Waals surface area contributed by atoms with E-state index in [2.05, 4.69) is 9.71 Å². The molecule has 2 unspecified atom stereocenters. The van der Waals surface area contributed by atoms with Crippen molar-refractivity contribution in [1.82, 2.24) is 9.88 Å². The topological polar surface area (TPSA) is 109 Å². The third-order valence-corrected chi connectivity index (χ3v) is 4.89. The van der Waals surface area contributed by atoms with Crippen LogP contribution in [0.2, 0.25) is 0 Å². The first kappa shape index (κ1) is 19.3. The summed E-state index contributed by atoms with van der Waals surface area (Å²) in [4.78, 5) is 17.9. The van der Waals surface area contributed by atoms with E-state index in [-0.39, 0.29) is 19.1 Å². The van der Waals surface area contributed by atoms with Gasteiger partial charge in [0.1, 0.15) is 12.7 Å². The number of anilines is 1. The van der Waals surface area contributed by atoms with Gasteiger partial charge in [-0.2, -0.15) is 0 Å². The van der Waals surface area contributed by atoms with Gasteiger partial charge in [-0.1, -0.05) is 12.1 Å². The predicted octanol–water partition coefficient (Wildman–Crippen LogP) is 0.914. The highest BCUT2D eigenvalue weighted by Gasteiger charge is 2.37. The lowest BCUT2D eigenvalue weighted by atomic mass is 9.98. The molecule has 8 nitrogen and oxygen atoms in total. The Morgan fingerprint density at radius 2 is 1.89 bits per heavy atom. The molecule has 2 atom stereocenters. The minimum Gasteiger partial charge on any atom is -0.394 e. The SMILES string of the molecule is CS(=O)(=O)Nc1ccc(C2OCC(=O)N(Cc3ccncc3)C2CO)cc1. The Kier molecular flexibility index (Phi) is 5.73. The normalized spacial score (nSPS) is 20.5. The fraction of sp³-hybridized carbons (Fsp3) is 0.333. The molecular weight excluding hydrogens is 370 g/mol. The summed E-state index contributed by atoms with van der Waals surface area (Å²) in [7, 11) is -3.36. The molecule has 3 rings (SSSR count). The van der Waals surface area contributed by atoms with Crippen LogP contribution < -0.4 is 4.72 Å². The molecule has 0 aliphatic carbocycles. The van der Waals surface area contributed by atoms with E-state index < -0.39 is 22.2 Å². The standard InChI is InChI=1S/C18H21N3O5S/c1-27(24,25)20-15-4-2-14(3-5-15)18-16(11-22)21(17(23)12-26-18)10-13-6-8-19-9-7-13/h2-9,16,18,20,22H,10-12H2,1H3. The molecule has 2 N–H and O–H groups in total. The molecule has 1 saturated heterocycles. The van der Waals surface area contributed by atoms with Gasteiger partial charge in [-0.05, 0) is 35.4 Å². The number of morpholine rings is 1. The first-order valence-corrected chi connectivity index (χ1v) is 10.2. The number of sulfonamides is 1. The summed E-state index contributed by atoms with van der Waals surface area (Å²) >= 11 is 0. The number of hydrogen-bond donors (Lipinski definition) is 2. The van der Waals surface area contributed by atoms with E-state index in [1.54, 1.807) is 41.6 Å². The zero-order valence-corrected chi connectivity index (χ0v) is 15.6. The maximum Gasteiger partial charge on any atom is 0.249 e. The van der Waals surface area contributed by atoms with E-state index in [4.69, 9.17) is 4.74 Å². The van der Waals surface area contributed by atoms with Crippen molar-refractivity contribution in [3.8, 4) is 0 Å². The Morgan fingerprint density at radius 3 is 2.48 bits per heavy atom. The van der Waals surface area contributed by atoms with Gasteiger partial charge in [0, 0.05) is 24.6 Å². The molecule has 0 saturated carbocycles. The van der Waals surface area contributed by atoms with E-state index in [1.165, 1.54) is 0 Å². The van der Waals surface area contributed by atoms with Gasteiger partial charge in [0.15, 0.2) is 0 Å². The Balaban J connectivity index is 1.81. The maximum atomic E-state index is 12.4. The predicted molar refractivity (Wildman–Crippen MR) is 99.3 cm³/mol. The third-order valence-electron chi connectivity index (χ3n) is 4.29. The number of nitrogens with zero attached hydrogens (tertiary/aromatic N) is 2. The van der Waals surface area contributed by atoms with E-state index in [9.17, 15) is 18.3 Å². The zero-order valence-electron chi connectivity index (χ0n) is 14.8. The lowest BCUT2D eigenvalue weighted by Gasteiger charge is -2.40. The van der Waals surface area contributed by atoms with Crippen LogP contribution in [0.25, 0.3) is 0 Å². The molecule has 144 valence electrons. The highest BCUT2D eigenvalue weighted by atomic mass is 32.2. The van der Waals surface area contributed by atoms with Gasteiger partial charge in [-0.3, -0.25) is 14.5 Å². The van der Waals surface area contributed by atoms with E-state index >= 15 is 0 Å². The van der Waals surface area contributed by atoms with Crippen molar-refractivity contribution in [3.63, 3.8) is 0 Å². The summed E-state index contributed by atoms with van der Waals surface area (Å²) < 4.78 is 30.7. The number of aromatic nitrogens is 1. The van der Waals surface area contributed by atoms with Crippen molar-refractivity contribution in [2.45, 2.75) is 18.7 Å². The Bertz CT molecular complexity index is 887. The molecule has 27 heavy (non-hydrogen) atoms. The average Bonchev–Trinajstić information content (AvgIpc) is 2.63. The van der Waals surface area contributed by atoms with Crippen LogP contribution >= 0.6 is 0 Å². The second-order valence-electron chi connectivity index (χ2n) is 6.35. The van der Waals surface area contributed by atoms with Crippen LogP contribution in [0.5, 0.6) is 0 Å². The molecule has 1 aliphatic rings. The number of aliphatic hydroxyl groups is 1. The highest BCUT2D eigenvalue weighted by Crippen LogP contribution is 2.30. The number of carbonyl (C=O) groups excluding carboxylic acids is 1. The van der Waals surface area contributed by atoms with Crippen molar-refractivity contribution in [3.05, 3.63) is 59.9 Å². The molecule has 9 heteroatoms. The second-order valence-corrected chi connectivity index (χ2v) is 8.10. The number of amides is 1. The monoisotopic (exact) mass is 391 g/mol. The Morgan fingerprint density at radius 1 is 1.22 bits per heavy atom. The highest BCUT2D eigenvalue weighted by molar-refractivity contribution is 7.92. The Labute approximate surface area is 157 Å². The van der Waals surface area contributed by atoms with Crippen LogP contribution in [-0.2, 0) is 26.1 Å². The molecule has 1 aromatic carbocycles. The van der Waals surface area contributed by atoms with E-state index in [0.29, 0.717) is 12.2 Å². The van der Waals surface area contributed by atoms with Crippen molar-refractivity contribution in [1.29, 1.82) is 0 Å². The van der Waals surface area contributed by atoms with Gasteiger partial charge in [-0.15, -0.1) is 0 Å². The van der Waals surface area contributed by atoms with Gasteiger partial charge in [0.2, 0.25) is 15.9 Å². The van der Waals surface area contributed by atoms with Crippen LogP contribution in [-0.4, -0.2) is 54.8 Å². The summed E-state index contributed by atoms with van der Waals surface area (Å²) in [5.41, 5.74) is 2.09. The number of benzene rings is 1. The summed E-state index contributed by atoms with van der Waals surface area (Å²) in [6.07, 6.45) is 3.87. The van der Waals surface area contributed by atoms with Crippen LogP contribution in [0.1, 0.15) is 17.2 Å². The number of rotatable bonds is 6. The molecule has 0 spiro atoms. The summed E-state index contributed by atoms with van der Waals surface area (Å²) in [5, 5.41) is 9.92. The van der Waals surface area contributed by atoms with E-state index in [1.807, 2.05) is 12.1 Å². The van der Waals surface area contributed by atoms with Crippen molar-refractivity contribution >= 4 is 21.6 Å². The maximum absolute atomic E-state index is 12.4. The number of nitrogens with one attached hydrogen (secondary N) is 1. The number of carbonyl (C=O) groups is 1. The molecule has 2 aromatic rings. The van der Waals surface area contributed by atoms with Crippen molar-refractivity contribution in [2.75, 3.05) is 24.2 Å². The second kappa shape index (κ2) is 8.03. The molecular formula is C18H21N3O5S. The molecule has 0 bridgehead atoms. The van der Waals surface area contributed by atoms with Crippen molar-refractivity contribution in [2.24, 2.45) is 0 Å². The minimum absolute atomic E-state index is 0.0877. The molecule has 1 aliphatic heterocycles. The van der Waals surface area contributed by atoms with E-state index in [0.717, 1.165) is 17.4 Å². The summed E-state index contributed by atoms with van der Waals surface area (Å²) in [6, 6.07) is 9.78. The summed E-state index contributed by atoms with van der Waals surface area (Å²) in [6.45, 7) is 0.000575. The van der Waals surface area contributed by atoms with Gasteiger partial charge in [-0.25, -0.2) is 8.42 Å². The van der Waals surface area contributed by atoms with Gasteiger partial charge in [0.25, 0.3) is 0 Å². The van der Waals surface area contributed by atoms with Crippen LogP contribution in [0.4, 0.5) is 5.69 Å². The number of hydrogen-bond acceptors (Lipinski definition) is 6.